The van der Waals surface area contributed by atoms with Crippen molar-refractivity contribution < 1.29 is 4.79 Å². The molecule has 0 aromatic heterocycles. The van der Waals surface area contributed by atoms with Gasteiger partial charge < -0.3 is 0 Å². The van der Waals surface area contributed by atoms with Crippen LogP contribution in [0.2, 0.25) is 0 Å². The first-order valence-electron chi connectivity index (χ1n) is 5.69. The second-order valence-electron chi connectivity index (χ2n) is 4.44. The van der Waals surface area contributed by atoms with E-state index in [9.17, 15) is 4.79 Å². The zero-order valence-electron chi connectivity index (χ0n) is 8.94. The zero-order chi connectivity index (χ0) is 9.97. The minimum atomic E-state index is 1.01. The Morgan fingerprint density at radius 3 is 2.29 bits per heavy atom. The summed E-state index contributed by atoms with van der Waals surface area (Å²) >= 11 is 0. The van der Waals surface area contributed by atoms with Crippen LogP contribution in [0, 0.1) is 0 Å². The maximum absolute atomic E-state index is 11.0. The Balaban J connectivity index is 2.34. The number of carbonyl (C=O) groups is 1. The maximum atomic E-state index is 11.0. The van der Waals surface area contributed by atoms with Crippen molar-refractivity contribution in [3.05, 3.63) is 22.3 Å². The van der Waals surface area contributed by atoms with Gasteiger partial charge in [-0.1, -0.05) is 5.57 Å². The highest BCUT2D eigenvalue weighted by molar-refractivity contribution is 5.77. The zero-order valence-corrected chi connectivity index (χ0v) is 8.94. The molecule has 2 aliphatic carbocycles. The molecule has 0 saturated heterocycles. The second kappa shape index (κ2) is 4.12. The van der Waals surface area contributed by atoms with Gasteiger partial charge in [0.05, 0.1) is 0 Å². The van der Waals surface area contributed by atoms with Crippen molar-refractivity contribution in [1.29, 1.82) is 0 Å². The highest BCUT2D eigenvalue weighted by Crippen LogP contribution is 2.37. The molecule has 1 heteroatoms. The van der Waals surface area contributed by atoms with Gasteiger partial charge in [-0.25, -0.2) is 0 Å². The highest BCUT2D eigenvalue weighted by atomic mass is 16.1. The molecule has 2 aliphatic rings. The monoisotopic (exact) mass is 190 g/mol. The highest BCUT2D eigenvalue weighted by Gasteiger charge is 2.20. The SMILES string of the molecule is CC1=C(C2=C(C=O)CCCC2)CCC1. The molecule has 0 heterocycles. The van der Waals surface area contributed by atoms with Crippen LogP contribution in [-0.4, -0.2) is 6.29 Å². The number of carbonyl (C=O) groups excluding carboxylic acids is 1. The fourth-order valence-corrected chi connectivity index (χ4v) is 2.71. The van der Waals surface area contributed by atoms with Gasteiger partial charge in [0.2, 0.25) is 0 Å². The van der Waals surface area contributed by atoms with E-state index in [4.69, 9.17) is 0 Å². The van der Waals surface area contributed by atoms with E-state index in [2.05, 4.69) is 6.92 Å². The Labute approximate surface area is 85.9 Å². The standard InChI is InChI=1S/C13H18O/c1-10-5-4-8-12(10)13-7-3-2-6-11(13)9-14/h9H,2-8H2,1H3. The Bertz CT molecular complexity index is 304. The molecule has 0 atom stereocenters. The van der Waals surface area contributed by atoms with Gasteiger partial charge in [-0.05, 0) is 68.6 Å². The van der Waals surface area contributed by atoms with Crippen molar-refractivity contribution >= 4 is 6.29 Å². The first kappa shape index (κ1) is 9.70. The Kier molecular flexibility index (Phi) is 2.85. The lowest BCUT2D eigenvalue weighted by molar-refractivity contribution is -0.105. The van der Waals surface area contributed by atoms with Gasteiger partial charge in [-0.3, -0.25) is 4.79 Å². The minimum Gasteiger partial charge on any atom is -0.298 e. The van der Waals surface area contributed by atoms with Crippen molar-refractivity contribution in [1.82, 2.24) is 0 Å². The smallest absolute Gasteiger partial charge is 0.146 e. The van der Waals surface area contributed by atoms with Gasteiger partial charge in [0, 0.05) is 0 Å². The van der Waals surface area contributed by atoms with Crippen LogP contribution in [0.15, 0.2) is 22.3 Å². The third-order valence-corrected chi connectivity index (χ3v) is 3.51. The molecule has 2 rings (SSSR count). The number of aldehydes is 1. The number of rotatable bonds is 2. The van der Waals surface area contributed by atoms with Gasteiger partial charge >= 0.3 is 0 Å². The summed E-state index contributed by atoms with van der Waals surface area (Å²) in [6.45, 7) is 2.23. The summed E-state index contributed by atoms with van der Waals surface area (Å²) in [6, 6.07) is 0. The van der Waals surface area contributed by atoms with Crippen LogP contribution < -0.4 is 0 Å². The lowest BCUT2D eigenvalue weighted by atomic mass is 9.86. The number of hydrogen-bond donors (Lipinski definition) is 0. The van der Waals surface area contributed by atoms with E-state index in [1.54, 1.807) is 0 Å². The van der Waals surface area contributed by atoms with Crippen LogP contribution in [-0.2, 0) is 4.79 Å². The molecule has 0 saturated carbocycles. The summed E-state index contributed by atoms with van der Waals surface area (Å²) in [5, 5.41) is 0. The van der Waals surface area contributed by atoms with Crippen LogP contribution in [0.5, 0.6) is 0 Å². The largest absolute Gasteiger partial charge is 0.298 e. The average Bonchev–Trinajstić information content (AvgIpc) is 2.64. The van der Waals surface area contributed by atoms with Crippen LogP contribution in [0.4, 0.5) is 0 Å². The van der Waals surface area contributed by atoms with E-state index >= 15 is 0 Å². The van der Waals surface area contributed by atoms with E-state index in [1.165, 1.54) is 48.8 Å². The molecule has 0 bridgehead atoms. The van der Waals surface area contributed by atoms with E-state index in [-0.39, 0.29) is 0 Å². The number of allylic oxidation sites excluding steroid dienone is 4. The molecular weight excluding hydrogens is 172 g/mol. The fraction of sp³-hybridized carbons (Fsp3) is 0.615. The predicted octanol–water partition coefficient (Wildman–Crippen LogP) is 3.56. The molecule has 0 fully saturated rings. The van der Waals surface area contributed by atoms with E-state index < -0.39 is 0 Å². The van der Waals surface area contributed by atoms with Crippen molar-refractivity contribution in [2.45, 2.75) is 51.9 Å². The summed E-state index contributed by atoms with van der Waals surface area (Å²) < 4.78 is 0. The van der Waals surface area contributed by atoms with Crippen molar-refractivity contribution in [3.8, 4) is 0 Å². The molecule has 0 aliphatic heterocycles. The second-order valence-corrected chi connectivity index (χ2v) is 4.44. The third kappa shape index (κ3) is 1.68. The molecule has 0 radical (unpaired) electrons. The minimum absolute atomic E-state index is 1.01. The molecule has 76 valence electrons. The molecule has 0 unspecified atom stereocenters. The van der Waals surface area contributed by atoms with Gasteiger partial charge in [0.15, 0.2) is 0 Å². The van der Waals surface area contributed by atoms with Crippen LogP contribution >= 0.6 is 0 Å². The lowest BCUT2D eigenvalue weighted by Gasteiger charge is -2.18. The van der Waals surface area contributed by atoms with Gasteiger partial charge in [-0.15, -0.1) is 0 Å². The fourth-order valence-electron chi connectivity index (χ4n) is 2.71. The summed E-state index contributed by atoms with van der Waals surface area (Å²) in [7, 11) is 0. The topological polar surface area (TPSA) is 17.1 Å². The van der Waals surface area contributed by atoms with E-state index in [0.29, 0.717) is 0 Å². The van der Waals surface area contributed by atoms with Gasteiger partial charge in [-0.2, -0.15) is 0 Å². The van der Waals surface area contributed by atoms with Crippen molar-refractivity contribution in [2.24, 2.45) is 0 Å². The quantitative estimate of drug-likeness (QED) is 0.608. The van der Waals surface area contributed by atoms with Crippen LogP contribution in [0.3, 0.4) is 0 Å². The van der Waals surface area contributed by atoms with Crippen molar-refractivity contribution in [3.63, 3.8) is 0 Å². The Morgan fingerprint density at radius 1 is 0.929 bits per heavy atom. The number of hydrogen-bond acceptors (Lipinski definition) is 1. The van der Waals surface area contributed by atoms with Crippen molar-refractivity contribution in [2.75, 3.05) is 0 Å². The Hall–Kier alpha value is -0.850. The first-order valence-corrected chi connectivity index (χ1v) is 5.69. The molecule has 1 nitrogen and oxygen atoms in total. The van der Waals surface area contributed by atoms with Gasteiger partial charge in [0.1, 0.15) is 6.29 Å². The lowest BCUT2D eigenvalue weighted by Crippen LogP contribution is -2.03. The molecule has 0 amide bonds. The molecule has 0 N–H and O–H groups in total. The van der Waals surface area contributed by atoms with E-state index in [1.807, 2.05) is 0 Å². The first-order chi connectivity index (χ1) is 6.83. The maximum Gasteiger partial charge on any atom is 0.146 e. The third-order valence-electron chi connectivity index (χ3n) is 3.51. The molecule has 0 spiro atoms. The van der Waals surface area contributed by atoms with E-state index in [0.717, 1.165) is 24.7 Å². The van der Waals surface area contributed by atoms with Crippen LogP contribution in [0.25, 0.3) is 0 Å². The summed E-state index contributed by atoms with van der Waals surface area (Å²) in [4.78, 5) is 11.0. The summed E-state index contributed by atoms with van der Waals surface area (Å²) in [6.07, 6.45) is 9.44. The molecular formula is C13H18O. The van der Waals surface area contributed by atoms with Crippen LogP contribution in [0.1, 0.15) is 51.9 Å². The molecule has 0 aromatic carbocycles. The molecule has 14 heavy (non-hydrogen) atoms. The predicted molar refractivity (Wildman–Crippen MR) is 58.1 cm³/mol. The average molecular weight is 190 g/mol. The summed E-state index contributed by atoms with van der Waals surface area (Å²) in [5.41, 5.74) is 5.54. The Morgan fingerprint density at radius 2 is 1.64 bits per heavy atom. The summed E-state index contributed by atoms with van der Waals surface area (Å²) in [5.74, 6) is 0. The molecule has 0 aromatic rings. The normalized spacial score (nSPS) is 23.2. The van der Waals surface area contributed by atoms with Gasteiger partial charge in [0.25, 0.3) is 0 Å².